The van der Waals surface area contributed by atoms with Gasteiger partial charge < -0.3 is 10.4 Å². The van der Waals surface area contributed by atoms with Crippen LogP contribution in [-0.2, 0) is 5.60 Å². The third kappa shape index (κ3) is 4.26. The largest absolute Gasteiger partial charge is 0.385 e. The van der Waals surface area contributed by atoms with E-state index in [1.165, 1.54) is 0 Å². The quantitative estimate of drug-likeness (QED) is 0.904. The zero-order chi connectivity index (χ0) is 15.7. The molecule has 1 heterocycles. The number of hydrogen-bond donors (Lipinski definition) is 2. The molecule has 1 unspecified atom stereocenters. The van der Waals surface area contributed by atoms with Gasteiger partial charge in [0.15, 0.2) is 0 Å². The van der Waals surface area contributed by atoms with Crippen molar-refractivity contribution in [2.75, 3.05) is 6.54 Å². The third-order valence-electron chi connectivity index (χ3n) is 3.72. The molecule has 114 valence electrons. The second-order valence-corrected chi connectivity index (χ2v) is 7.06. The zero-order valence-corrected chi connectivity index (χ0v) is 13.7. The SMILES string of the molecule is Cc1ccc2cc(C(C)(O)CCNC(C)(C)C)ccc2n1. The summed E-state index contributed by atoms with van der Waals surface area (Å²) >= 11 is 0. The highest BCUT2D eigenvalue weighted by atomic mass is 16.3. The summed E-state index contributed by atoms with van der Waals surface area (Å²) in [6.45, 7) is 11.0. The maximum atomic E-state index is 10.7. The van der Waals surface area contributed by atoms with Crippen molar-refractivity contribution in [3.63, 3.8) is 0 Å². The molecule has 1 atom stereocenters. The molecule has 0 fully saturated rings. The smallest absolute Gasteiger partial charge is 0.0880 e. The number of rotatable bonds is 4. The van der Waals surface area contributed by atoms with Crippen molar-refractivity contribution in [2.24, 2.45) is 0 Å². The summed E-state index contributed by atoms with van der Waals surface area (Å²) in [5.41, 5.74) is 2.16. The first-order valence-electron chi connectivity index (χ1n) is 7.53. The summed E-state index contributed by atoms with van der Waals surface area (Å²) in [7, 11) is 0. The number of pyridine rings is 1. The molecule has 2 rings (SSSR count). The summed E-state index contributed by atoms with van der Waals surface area (Å²) in [4.78, 5) is 4.50. The molecule has 1 aromatic carbocycles. The van der Waals surface area contributed by atoms with E-state index in [1.807, 2.05) is 38.1 Å². The van der Waals surface area contributed by atoms with E-state index in [0.29, 0.717) is 6.42 Å². The first kappa shape index (κ1) is 15.9. The van der Waals surface area contributed by atoms with Crippen molar-refractivity contribution in [1.29, 1.82) is 0 Å². The van der Waals surface area contributed by atoms with Gasteiger partial charge in [-0.15, -0.1) is 0 Å². The standard InChI is InChI=1S/C18H26N2O/c1-13-6-7-14-12-15(8-9-16(14)20-13)18(5,21)10-11-19-17(2,3)4/h6-9,12,19,21H,10-11H2,1-5H3. The van der Waals surface area contributed by atoms with Gasteiger partial charge in [-0.25, -0.2) is 0 Å². The minimum absolute atomic E-state index is 0.0703. The summed E-state index contributed by atoms with van der Waals surface area (Å²) in [5, 5.41) is 15.2. The number of aromatic nitrogens is 1. The normalized spacial score (nSPS) is 15.1. The Morgan fingerprint density at radius 1 is 1.10 bits per heavy atom. The molecule has 2 N–H and O–H groups in total. The molecule has 3 heteroatoms. The topological polar surface area (TPSA) is 45.1 Å². The molecule has 0 spiro atoms. The van der Waals surface area contributed by atoms with Crippen LogP contribution in [0.5, 0.6) is 0 Å². The van der Waals surface area contributed by atoms with E-state index in [-0.39, 0.29) is 5.54 Å². The molecule has 0 amide bonds. The van der Waals surface area contributed by atoms with Crippen molar-refractivity contribution in [2.45, 2.75) is 52.2 Å². The lowest BCUT2D eigenvalue weighted by Gasteiger charge is -2.27. The van der Waals surface area contributed by atoms with Gasteiger partial charge in [-0.3, -0.25) is 4.98 Å². The summed E-state index contributed by atoms with van der Waals surface area (Å²) in [5.74, 6) is 0. The molecule has 0 saturated heterocycles. The monoisotopic (exact) mass is 286 g/mol. The summed E-state index contributed by atoms with van der Waals surface area (Å²) in [6, 6.07) is 10.1. The van der Waals surface area contributed by atoms with E-state index in [0.717, 1.165) is 28.7 Å². The number of aryl methyl sites for hydroxylation is 1. The van der Waals surface area contributed by atoms with E-state index in [4.69, 9.17) is 0 Å². The van der Waals surface area contributed by atoms with Crippen LogP contribution >= 0.6 is 0 Å². The fraction of sp³-hybridized carbons (Fsp3) is 0.500. The van der Waals surface area contributed by atoms with Crippen molar-refractivity contribution >= 4 is 10.9 Å². The molecular formula is C18H26N2O. The van der Waals surface area contributed by atoms with Gasteiger partial charge in [-0.2, -0.15) is 0 Å². The highest BCUT2D eigenvalue weighted by Crippen LogP contribution is 2.27. The Labute approximate surface area is 127 Å². The van der Waals surface area contributed by atoms with Crippen molar-refractivity contribution in [3.05, 3.63) is 41.6 Å². The average Bonchev–Trinajstić information content (AvgIpc) is 2.36. The Morgan fingerprint density at radius 3 is 2.48 bits per heavy atom. The third-order valence-corrected chi connectivity index (χ3v) is 3.72. The van der Waals surface area contributed by atoms with Crippen LogP contribution in [0.1, 0.15) is 45.4 Å². The number of fused-ring (bicyclic) bond motifs is 1. The Morgan fingerprint density at radius 2 is 1.81 bits per heavy atom. The van der Waals surface area contributed by atoms with Gasteiger partial charge in [-0.1, -0.05) is 12.1 Å². The molecule has 2 aromatic rings. The predicted octanol–water partition coefficient (Wildman–Crippen LogP) is 3.53. The Balaban J connectivity index is 2.17. The summed E-state index contributed by atoms with van der Waals surface area (Å²) < 4.78 is 0. The highest BCUT2D eigenvalue weighted by Gasteiger charge is 2.23. The molecule has 0 aliphatic rings. The molecule has 3 nitrogen and oxygen atoms in total. The summed E-state index contributed by atoms with van der Waals surface area (Å²) in [6.07, 6.45) is 0.676. The molecule has 0 radical (unpaired) electrons. The van der Waals surface area contributed by atoms with Crippen molar-refractivity contribution in [1.82, 2.24) is 10.3 Å². The van der Waals surface area contributed by atoms with Gasteiger partial charge in [-0.05, 0) is 71.3 Å². The van der Waals surface area contributed by atoms with Gasteiger partial charge in [0, 0.05) is 16.6 Å². The predicted molar refractivity (Wildman–Crippen MR) is 88.4 cm³/mol. The fourth-order valence-electron chi connectivity index (χ4n) is 2.39. The van der Waals surface area contributed by atoms with E-state index in [1.54, 1.807) is 0 Å². The number of nitrogens with zero attached hydrogens (tertiary/aromatic N) is 1. The van der Waals surface area contributed by atoms with Crippen LogP contribution in [0.4, 0.5) is 0 Å². The minimum atomic E-state index is -0.836. The molecule has 0 bridgehead atoms. The maximum absolute atomic E-state index is 10.7. The second-order valence-electron chi connectivity index (χ2n) is 7.06. The number of benzene rings is 1. The lowest BCUT2D eigenvalue weighted by atomic mass is 9.91. The Bertz CT molecular complexity index is 627. The number of aliphatic hydroxyl groups is 1. The lowest BCUT2D eigenvalue weighted by molar-refractivity contribution is 0.0465. The first-order valence-corrected chi connectivity index (χ1v) is 7.53. The van der Waals surface area contributed by atoms with Crippen LogP contribution in [0, 0.1) is 6.92 Å². The van der Waals surface area contributed by atoms with Crippen molar-refractivity contribution in [3.8, 4) is 0 Å². The Kier molecular flexibility index (Phi) is 4.35. The van der Waals surface area contributed by atoms with Crippen LogP contribution < -0.4 is 5.32 Å². The molecule has 0 aliphatic carbocycles. The van der Waals surface area contributed by atoms with E-state index >= 15 is 0 Å². The molecule has 0 aliphatic heterocycles. The first-order chi connectivity index (χ1) is 9.67. The Hall–Kier alpha value is -1.45. The van der Waals surface area contributed by atoms with Gasteiger partial charge in [0.1, 0.15) is 0 Å². The highest BCUT2D eigenvalue weighted by molar-refractivity contribution is 5.79. The molecule has 0 saturated carbocycles. The molecular weight excluding hydrogens is 260 g/mol. The van der Waals surface area contributed by atoms with Gasteiger partial charge in [0.2, 0.25) is 0 Å². The second kappa shape index (κ2) is 5.74. The van der Waals surface area contributed by atoms with Gasteiger partial charge >= 0.3 is 0 Å². The van der Waals surface area contributed by atoms with Crippen LogP contribution in [0.3, 0.4) is 0 Å². The van der Waals surface area contributed by atoms with E-state index < -0.39 is 5.60 Å². The maximum Gasteiger partial charge on any atom is 0.0880 e. The van der Waals surface area contributed by atoms with E-state index in [2.05, 4.69) is 37.1 Å². The molecule has 1 aromatic heterocycles. The van der Waals surface area contributed by atoms with Crippen LogP contribution in [0.15, 0.2) is 30.3 Å². The van der Waals surface area contributed by atoms with Crippen LogP contribution in [0.2, 0.25) is 0 Å². The van der Waals surface area contributed by atoms with Gasteiger partial charge in [0.25, 0.3) is 0 Å². The molecule has 21 heavy (non-hydrogen) atoms. The number of hydrogen-bond acceptors (Lipinski definition) is 3. The fourth-order valence-corrected chi connectivity index (χ4v) is 2.39. The van der Waals surface area contributed by atoms with Crippen LogP contribution in [0.25, 0.3) is 10.9 Å². The minimum Gasteiger partial charge on any atom is -0.385 e. The van der Waals surface area contributed by atoms with Gasteiger partial charge in [0.05, 0.1) is 11.1 Å². The van der Waals surface area contributed by atoms with Crippen molar-refractivity contribution < 1.29 is 5.11 Å². The van der Waals surface area contributed by atoms with Crippen LogP contribution in [-0.4, -0.2) is 22.2 Å². The average molecular weight is 286 g/mol. The zero-order valence-electron chi connectivity index (χ0n) is 13.7. The lowest BCUT2D eigenvalue weighted by Crippen LogP contribution is -2.39. The number of nitrogens with one attached hydrogen (secondary N) is 1. The van der Waals surface area contributed by atoms with E-state index in [9.17, 15) is 5.11 Å².